The summed E-state index contributed by atoms with van der Waals surface area (Å²) in [5.41, 5.74) is 16.3. The summed E-state index contributed by atoms with van der Waals surface area (Å²) < 4.78 is 3.39. The molecule has 8 rings (SSSR count). The van der Waals surface area contributed by atoms with Gasteiger partial charge in [0, 0.05) is 0 Å². The molecule has 0 saturated heterocycles. The van der Waals surface area contributed by atoms with Crippen molar-refractivity contribution < 1.29 is 21.3 Å². The number of hydrogen-bond donors (Lipinski definition) is 0. The Morgan fingerprint density at radius 3 is 1.49 bits per heavy atom. The van der Waals surface area contributed by atoms with Gasteiger partial charge in [-0.15, -0.1) is 0 Å². The molecule has 6 aromatic carbocycles. The van der Waals surface area contributed by atoms with Gasteiger partial charge in [-0.25, -0.2) is 0 Å². The quantitative estimate of drug-likeness (QED) is 0.158. The number of halogens is 1. The van der Waals surface area contributed by atoms with E-state index >= 15 is 0 Å². The minimum absolute atomic E-state index is 0.0448. The Labute approximate surface area is 329 Å². The van der Waals surface area contributed by atoms with Crippen molar-refractivity contribution in [2.75, 3.05) is 0 Å². The molecular weight excluding hydrogens is 739 g/mol. The molecule has 6 aromatic rings. The van der Waals surface area contributed by atoms with Crippen molar-refractivity contribution in [3.05, 3.63) is 199 Å². The van der Waals surface area contributed by atoms with E-state index < -0.39 is 21.3 Å². The van der Waals surface area contributed by atoms with Crippen molar-refractivity contribution in [1.29, 1.82) is 0 Å². The topological polar surface area (TPSA) is 0 Å². The predicted octanol–water partition coefficient (Wildman–Crippen LogP) is 14.1. The zero-order valence-corrected chi connectivity index (χ0v) is 34.9. The number of benzene rings is 6. The van der Waals surface area contributed by atoms with E-state index in [0.717, 1.165) is 11.4 Å². The maximum atomic E-state index is 6.84. The van der Waals surface area contributed by atoms with Gasteiger partial charge in [0.25, 0.3) is 0 Å². The molecule has 0 radical (unpaired) electrons. The van der Waals surface area contributed by atoms with Crippen LogP contribution in [0.4, 0.5) is 0 Å². The fourth-order valence-corrected chi connectivity index (χ4v) is 17.6. The summed E-state index contributed by atoms with van der Waals surface area (Å²) in [5.74, 6) is 0. The van der Waals surface area contributed by atoms with Crippen LogP contribution < -0.4 is 0 Å². The average molecular weight is 787 g/mol. The molecule has 53 heavy (non-hydrogen) atoms. The first kappa shape index (κ1) is 35.9. The third kappa shape index (κ3) is 6.89. The SMILES string of the molecule is CC(C)(C)c1cc2c(cc1-c1ccccc1)[CH]([Zr]([C]1=CC=CC1)=[C](c1ccccc1)c1cccc(Cl)c1)c1cc(-c3ccccc3)c(C(C)(C)C)cc1-2. The van der Waals surface area contributed by atoms with Crippen LogP contribution in [0.15, 0.2) is 161 Å². The van der Waals surface area contributed by atoms with Gasteiger partial charge in [-0.05, 0) is 0 Å². The number of rotatable bonds is 6. The molecule has 262 valence electrons. The molecule has 0 amide bonds. The van der Waals surface area contributed by atoms with Gasteiger partial charge in [-0.3, -0.25) is 0 Å². The van der Waals surface area contributed by atoms with Crippen molar-refractivity contribution in [2.45, 2.75) is 62.4 Å². The van der Waals surface area contributed by atoms with Crippen LogP contribution in [0.2, 0.25) is 5.02 Å². The summed E-state index contributed by atoms with van der Waals surface area (Å²) in [6.45, 7) is 14.2. The average Bonchev–Trinajstić information content (AvgIpc) is 3.80. The van der Waals surface area contributed by atoms with Crippen LogP contribution in [0, 0.1) is 0 Å². The first-order valence-electron chi connectivity index (χ1n) is 18.9. The van der Waals surface area contributed by atoms with Crippen LogP contribution in [-0.4, -0.2) is 3.21 Å². The fourth-order valence-electron chi connectivity index (χ4n) is 8.47. The fraction of sp³-hybridized carbons (Fsp3) is 0.196. The summed E-state index contributed by atoms with van der Waals surface area (Å²) >= 11 is 3.86. The standard InChI is InChI=1S/C33H33.C13H9Cl.C5H5.Zr/c1-32(2,3)30-20-26-24(18-28(30)22-13-9-7-10-14-22)17-25-19-29(23-15-11-8-12-16-23)31(21-27(25)26)33(4,5)6;14-13-8-4-7-12(10-13)9-11-5-2-1-3-6-11;1-2-4-5-3-1;/h7-21H,1-6H3;1-8,10H;1-3H,4H2;. The third-order valence-electron chi connectivity index (χ3n) is 10.9. The zero-order valence-electron chi connectivity index (χ0n) is 31.7. The van der Waals surface area contributed by atoms with E-state index in [2.05, 4.69) is 193 Å². The van der Waals surface area contributed by atoms with Crippen LogP contribution in [0.25, 0.3) is 33.4 Å². The summed E-state index contributed by atoms with van der Waals surface area (Å²) in [6.07, 6.45) is 8.13. The summed E-state index contributed by atoms with van der Waals surface area (Å²) in [4.78, 5) is 0. The third-order valence-corrected chi connectivity index (χ3v) is 19.5. The molecule has 0 aromatic heterocycles. The summed E-state index contributed by atoms with van der Waals surface area (Å²) in [6, 6.07) is 52.3. The first-order valence-corrected chi connectivity index (χ1v) is 23.1. The Balaban J connectivity index is 1.55. The molecule has 0 N–H and O–H groups in total. The van der Waals surface area contributed by atoms with E-state index in [1.807, 2.05) is 6.07 Å². The van der Waals surface area contributed by atoms with Crippen LogP contribution in [0.3, 0.4) is 0 Å². The number of hydrogen-bond acceptors (Lipinski definition) is 0. The Morgan fingerprint density at radius 2 is 1.04 bits per heavy atom. The molecule has 2 aliphatic carbocycles. The number of fused-ring (bicyclic) bond motifs is 3. The Kier molecular flexibility index (Phi) is 9.64. The van der Waals surface area contributed by atoms with Gasteiger partial charge in [0.2, 0.25) is 0 Å². The van der Waals surface area contributed by atoms with E-state index in [1.54, 1.807) is 3.28 Å². The van der Waals surface area contributed by atoms with Crippen molar-refractivity contribution in [3.63, 3.8) is 0 Å². The molecule has 0 atom stereocenters. The monoisotopic (exact) mass is 784 g/mol. The van der Waals surface area contributed by atoms with E-state index in [1.165, 1.54) is 70.0 Å². The zero-order chi connectivity index (χ0) is 36.9. The van der Waals surface area contributed by atoms with Crippen LogP contribution in [0.5, 0.6) is 0 Å². The van der Waals surface area contributed by atoms with Crippen molar-refractivity contribution in [3.8, 4) is 33.4 Å². The van der Waals surface area contributed by atoms with Crippen molar-refractivity contribution in [1.82, 2.24) is 0 Å². The molecule has 0 unspecified atom stereocenters. The molecule has 0 nitrogen and oxygen atoms in total. The molecular formula is C51H47ClZr. The molecule has 0 saturated carbocycles. The van der Waals surface area contributed by atoms with Gasteiger partial charge in [0.1, 0.15) is 0 Å². The predicted molar refractivity (Wildman–Crippen MR) is 225 cm³/mol. The molecule has 0 aliphatic heterocycles. The second-order valence-corrected chi connectivity index (χ2v) is 23.3. The van der Waals surface area contributed by atoms with Crippen molar-refractivity contribution >= 4 is 14.8 Å². The van der Waals surface area contributed by atoms with Gasteiger partial charge in [0.15, 0.2) is 0 Å². The van der Waals surface area contributed by atoms with Gasteiger partial charge < -0.3 is 0 Å². The summed E-state index contributed by atoms with van der Waals surface area (Å²) in [5, 5.41) is 0.784. The minimum atomic E-state index is -2.98. The Bertz CT molecular complexity index is 2310. The van der Waals surface area contributed by atoms with E-state index in [0.29, 0.717) is 0 Å². The molecule has 0 bridgehead atoms. The van der Waals surface area contributed by atoms with E-state index in [9.17, 15) is 0 Å². The Hall–Kier alpha value is -4.16. The summed E-state index contributed by atoms with van der Waals surface area (Å²) in [7, 11) is 0. The van der Waals surface area contributed by atoms with E-state index in [-0.39, 0.29) is 14.5 Å². The Morgan fingerprint density at radius 1 is 0.547 bits per heavy atom. The molecule has 0 heterocycles. The first-order chi connectivity index (χ1) is 25.5. The molecule has 0 spiro atoms. The maximum absolute atomic E-state index is 6.84. The normalized spacial score (nSPS) is 14.5. The van der Waals surface area contributed by atoms with Gasteiger partial charge in [0.05, 0.1) is 0 Å². The van der Waals surface area contributed by atoms with Crippen LogP contribution in [0.1, 0.15) is 85.0 Å². The van der Waals surface area contributed by atoms with E-state index in [4.69, 9.17) is 11.6 Å². The molecule has 0 fully saturated rings. The molecule has 2 aliphatic rings. The van der Waals surface area contributed by atoms with Crippen LogP contribution in [-0.2, 0) is 32.1 Å². The van der Waals surface area contributed by atoms with Gasteiger partial charge >= 0.3 is 331 Å². The molecule has 2 heteroatoms. The second kappa shape index (κ2) is 14.2. The van der Waals surface area contributed by atoms with Crippen molar-refractivity contribution in [2.24, 2.45) is 0 Å². The second-order valence-electron chi connectivity index (χ2n) is 16.6. The van der Waals surface area contributed by atoms with Crippen LogP contribution >= 0.6 is 11.6 Å². The number of allylic oxidation sites excluding steroid dienone is 4. The van der Waals surface area contributed by atoms with Gasteiger partial charge in [-0.1, -0.05) is 0 Å². The van der Waals surface area contributed by atoms with Gasteiger partial charge in [-0.2, -0.15) is 0 Å².